The molecule has 1 aliphatic heterocycles. The van der Waals surface area contributed by atoms with Gasteiger partial charge in [0.15, 0.2) is 0 Å². The first kappa shape index (κ1) is 19.1. The normalized spacial score (nSPS) is 16.3. The molecule has 2 heterocycles. The summed E-state index contributed by atoms with van der Waals surface area (Å²) in [6, 6.07) is 10.3. The molecule has 150 valence electrons. The van der Waals surface area contributed by atoms with Gasteiger partial charge >= 0.3 is 0 Å². The summed E-state index contributed by atoms with van der Waals surface area (Å²) in [4.78, 5) is 0. The van der Waals surface area contributed by atoms with Crippen molar-refractivity contribution in [1.82, 2.24) is 15.1 Å². The van der Waals surface area contributed by atoms with E-state index < -0.39 is 0 Å². The van der Waals surface area contributed by atoms with E-state index >= 15 is 0 Å². The van der Waals surface area contributed by atoms with Crippen LogP contribution < -0.4 is 10.6 Å². The van der Waals surface area contributed by atoms with Crippen molar-refractivity contribution in [2.75, 3.05) is 19.0 Å². The number of nitrogens with zero attached hydrogens (tertiary/aromatic N) is 2. The molecule has 1 aromatic carbocycles. The van der Waals surface area contributed by atoms with Gasteiger partial charge in [-0.3, -0.25) is 0 Å². The van der Waals surface area contributed by atoms with Gasteiger partial charge in [-0.1, -0.05) is 42.5 Å². The van der Waals surface area contributed by atoms with Gasteiger partial charge in [0.2, 0.25) is 5.88 Å². The van der Waals surface area contributed by atoms with Crippen molar-refractivity contribution in [3.63, 3.8) is 0 Å². The minimum absolute atomic E-state index is 0.493. The van der Waals surface area contributed by atoms with E-state index in [1.165, 1.54) is 18.4 Å². The second kappa shape index (κ2) is 8.43. The van der Waals surface area contributed by atoms with Crippen LogP contribution in [0.3, 0.4) is 0 Å². The highest BCUT2D eigenvalue weighted by Crippen LogP contribution is 2.40. The van der Waals surface area contributed by atoms with Crippen molar-refractivity contribution in [2.45, 2.75) is 32.6 Å². The molecule has 5 heteroatoms. The topological polar surface area (TPSA) is 51.1 Å². The van der Waals surface area contributed by atoms with Crippen LogP contribution in [0.1, 0.15) is 38.2 Å². The molecule has 1 aromatic heterocycles. The lowest BCUT2D eigenvalue weighted by Crippen LogP contribution is -2.33. The Morgan fingerprint density at radius 1 is 1.28 bits per heavy atom. The van der Waals surface area contributed by atoms with E-state index in [1.54, 1.807) is 11.8 Å². The van der Waals surface area contributed by atoms with E-state index in [1.807, 2.05) is 31.2 Å². The average molecular weight is 389 g/mol. The standard InChI is InChI=1S/C24H28N4O/c1-4-11-20-21(16-25-20)26-24-22(18-12-7-5-8-13-18)23(19-14-9-6-10-15-19)27-28(24)17(2)29-3/h4,6,9-12,14-15,25-26H,2,5,7-8,13,16H2,1,3H3/b11-4-. The highest BCUT2D eigenvalue weighted by atomic mass is 16.5. The van der Waals surface area contributed by atoms with E-state index in [9.17, 15) is 0 Å². The highest BCUT2D eigenvalue weighted by Gasteiger charge is 2.26. The number of hydrogen-bond donors (Lipinski definition) is 2. The summed E-state index contributed by atoms with van der Waals surface area (Å²) in [7, 11) is 1.63. The SMILES string of the molecule is C=C(OC)n1nc(-c2ccccc2)c(C2=CCCCC2)c1NC1=C(/C=C\C)NC1. The van der Waals surface area contributed by atoms with Crippen molar-refractivity contribution in [1.29, 1.82) is 0 Å². The molecular formula is C24H28N4O. The van der Waals surface area contributed by atoms with Crippen LogP contribution in [0.4, 0.5) is 5.82 Å². The Hall–Kier alpha value is -3.21. The van der Waals surface area contributed by atoms with Crippen LogP contribution >= 0.6 is 0 Å². The molecule has 29 heavy (non-hydrogen) atoms. The van der Waals surface area contributed by atoms with Gasteiger partial charge < -0.3 is 15.4 Å². The molecule has 2 N–H and O–H groups in total. The van der Waals surface area contributed by atoms with E-state index in [0.29, 0.717) is 5.88 Å². The van der Waals surface area contributed by atoms with E-state index in [0.717, 1.165) is 53.4 Å². The average Bonchev–Trinajstić information content (AvgIpc) is 3.15. The number of rotatable bonds is 7. The Kier molecular flexibility index (Phi) is 5.56. The van der Waals surface area contributed by atoms with Crippen molar-refractivity contribution >= 4 is 17.3 Å². The maximum absolute atomic E-state index is 5.48. The van der Waals surface area contributed by atoms with Gasteiger partial charge in [-0.05, 0) is 50.8 Å². The maximum atomic E-state index is 5.48. The molecule has 4 rings (SSSR count). The van der Waals surface area contributed by atoms with Crippen LogP contribution in [-0.4, -0.2) is 23.4 Å². The van der Waals surface area contributed by atoms with Crippen LogP contribution in [0.15, 0.2) is 66.5 Å². The molecule has 0 bridgehead atoms. The second-order valence-corrected chi connectivity index (χ2v) is 7.29. The molecule has 0 saturated carbocycles. The fourth-order valence-electron chi connectivity index (χ4n) is 3.83. The van der Waals surface area contributed by atoms with Crippen molar-refractivity contribution in [3.8, 4) is 11.3 Å². The molecule has 0 spiro atoms. The van der Waals surface area contributed by atoms with E-state index in [-0.39, 0.29) is 0 Å². The molecular weight excluding hydrogens is 360 g/mol. The van der Waals surface area contributed by atoms with Crippen molar-refractivity contribution in [2.24, 2.45) is 0 Å². The number of methoxy groups -OCH3 is 1. The summed E-state index contributed by atoms with van der Waals surface area (Å²) >= 11 is 0. The molecule has 0 amide bonds. The Balaban J connectivity index is 1.91. The minimum atomic E-state index is 0.493. The number of nitrogens with one attached hydrogen (secondary N) is 2. The van der Waals surface area contributed by atoms with Gasteiger partial charge in [0.25, 0.3) is 0 Å². The first-order chi connectivity index (χ1) is 14.2. The number of aromatic nitrogens is 2. The first-order valence-electron chi connectivity index (χ1n) is 10.2. The van der Waals surface area contributed by atoms with Crippen molar-refractivity contribution in [3.05, 3.63) is 72.1 Å². The fourth-order valence-corrected chi connectivity index (χ4v) is 3.83. The molecule has 0 unspecified atom stereocenters. The van der Waals surface area contributed by atoms with Crippen LogP contribution in [0.5, 0.6) is 0 Å². The fraction of sp³-hybridized carbons (Fsp3) is 0.292. The molecule has 0 radical (unpaired) electrons. The van der Waals surface area contributed by atoms with Crippen LogP contribution in [0.25, 0.3) is 22.7 Å². The summed E-state index contributed by atoms with van der Waals surface area (Å²) in [5, 5.41) is 11.9. The van der Waals surface area contributed by atoms with Gasteiger partial charge in [0, 0.05) is 11.1 Å². The first-order valence-corrected chi connectivity index (χ1v) is 10.2. The number of hydrogen-bond acceptors (Lipinski definition) is 4. The predicted octanol–water partition coefficient (Wildman–Crippen LogP) is 5.38. The number of ether oxygens (including phenoxy) is 1. The Labute approximate surface area is 172 Å². The monoisotopic (exact) mass is 388 g/mol. The Morgan fingerprint density at radius 2 is 2.10 bits per heavy atom. The lowest BCUT2D eigenvalue weighted by atomic mass is 9.91. The zero-order valence-electron chi connectivity index (χ0n) is 17.2. The summed E-state index contributed by atoms with van der Waals surface area (Å²) in [6.45, 7) is 6.89. The third-order valence-corrected chi connectivity index (χ3v) is 5.40. The number of anilines is 1. The van der Waals surface area contributed by atoms with E-state index in [4.69, 9.17) is 9.84 Å². The molecule has 0 atom stereocenters. The molecule has 2 aliphatic rings. The Morgan fingerprint density at radius 3 is 2.72 bits per heavy atom. The Bertz CT molecular complexity index is 995. The summed E-state index contributed by atoms with van der Waals surface area (Å²) in [5.41, 5.74) is 6.79. The molecule has 2 aromatic rings. The third kappa shape index (κ3) is 3.73. The summed E-state index contributed by atoms with van der Waals surface area (Å²) in [5.74, 6) is 1.41. The van der Waals surface area contributed by atoms with Crippen LogP contribution in [-0.2, 0) is 4.74 Å². The zero-order chi connectivity index (χ0) is 20.2. The smallest absolute Gasteiger partial charge is 0.208 e. The van der Waals surface area contributed by atoms with Gasteiger partial charge in [0.05, 0.1) is 25.0 Å². The molecule has 0 fully saturated rings. The number of benzene rings is 1. The maximum Gasteiger partial charge on any atom is 0.208 e. The zero-order valence-corrected chi connectivity index (χ0v) is 17.2. The van der Waals surface area contributed by atoms with Crippen molar-refractivity contribution < 1.29 is 4.74 Å². The van der Waals surface area contributed by atoms with Crippen LogP contribution in [0, 0.1) is 0 Å². The van der Waals surface area contributed by atoms with Gasteiger partial charge in [-0.25, -0.2) is 0 Å². The minimum Gasteiger partial charge on any atom is -0.481 e. The molecule has 0 saturated heterocycles. The van der Waals surface area contributed by atoms with Gasteiger partial charge in [0.1, 0.15) is 11.5 Å². The van der Waals surface area contributed by atoms with Gasteiger partial charge in [-0.2, -0.15) is 9.78 Å². The van der Waals surface area contributed by atoms with Gasteiger partial charge in [-0.15, -0.1) is 0 Å². The van der Waals surface area contributed by atoms with E-state index in [2.05, 4.69) is 41.5 Å². The largest absolute Gasteiger partial charge is 0.481 e. The molecule has 1 aliphatic carbocycles. The quantitative estimate of drug-likeness (QED) is 0.625. The second-order valence-electron chi connectivity index (χ2n) is 7.29. The lowest BCUT2D eigenvalue weighted by molar-refractivity contribution is 0.339. The highest BCUT2D eigenvalue weighted by molar-refractivity contribution is 5.88. The number of allylic oxidation sites excluding steroid dienone is 4. The predicted molar refractivity (Wildman–Crippen MR) is 120 cm³/mol. The van der Waals surface area contributed by atoms with Crippen LogP contribution in [0.2, 0.25) is 0 Å². The lowest BCUT2D eigenvalue weighted by Gasteiger charge is -2.26. The summed E-state index contributed by atoms with van der Waals surface area (Å²) in [6.07, 6.45) is 11.1. The molecule has 5 nitrogen and oxygen atoms in total. The summed E-state index contributed by atoms with van der Waals surface area (Å²) < 4.78 is 7.27. The third-order valence-electron chi connectivity index (χ3n) is 5.40.